The molecule has 1 amide bonds. The molecular formula is C24H27N5O3. The number of fused-ring (bicyclic) bond motifs is 1. The average molecular weight is 434 g/mol. The molecule has 8 nitrogen and oxygen atoms in total. The first kappa shape index (κ1) is 21.8. The van der Waals surface area contributed by atoms with E-state index in [2.05, 4.69) is 21.4 Å². The number of carbonyl (C=O) groups excluding carboxylic acids is 1. The quantitative estimate of drug-likeness (QED) is 0.586. The van der Waals surface area contributed by atoms with Gasteiger partial charge in [-0.05, 0) is 11.6 Å². The van der Waals surface area contributed by atoms with Gasteiger partial charge in [0.05, 0.1) is 32.9 Å². The topological polar surface area (TPSA) is 92.4 Å². The lowest BCUT2D eigenvalue weighted by Gasteiger charge is -2.26. The standard InChI is InChI=1S/C24H27N5O3/c1-31-21-9-5-8-20-22(24(30)26-19(17-25)16-18-6-3-2-4-7-18)27-29(23(20)21)11-10-28-12-14-32-15-13-28/h2-9,19H,10-16H2,1H3,(H,26,30)/t19-/m0/s1. The molecule has 0 radical (unpaired) electrons. The Morgan fingerprint density at radius 2 is 1.97 bits per heavy atom. The van der Waals surface area contributed by atoms with Crippen molar-refractivity contribution in [2.75, 3.05) is 40.0 Å². The first-order chi connectivity index (χ1) is 15.7. The van der Waals surface area contributed by atoms with E-state index in [-0.39, 0.29) is 5.91 Å². The van der Waals surface area contributed by atoms with E-state index < -0.39 is 6.04 Å². The second kappa shape index (κ2) is 10.3. The summed E-state index contributed by atoms with van der Waals surface area (Å²) < 4.78 is 12.8. The Labute approximate surface area is 187 Å². The van der Waals surface area contributed by atoms with E-state index in [4.69, 9.17) is 9.47 Å². The van der Waals surface area contributed by atoms with Crippen LogP contribution in [-0.2, 0) is 17.7 Å². The van der Waals surface area contributed by atoms with Gasteiger partial charge in [-0.15, -0.1) is 0 Å². The molecule has 1 aliphatic rings. The van der Waals surface area contributed by atoms with Crippen LogP contribution in [-0.4, -0.2) is 66.6 Å². The highest BCUT2D eigenvalue weighted by molar-refractivity contribution is 6.06. The van der Waals surface area contributed by atoms with Gasteiger partial charge in [-0.1, -0.05) is 42.5 Å². The summed E-state index contributed by atoms with van der Waals surface area (Å²) in [7, 11) is 1.61. The molecule has 0 aliphatic carbocycles. The van der Waals surface area contributed by atoms with E-state index in [1.54, 1.807) is 7.11 Å². The van der Waals surface area contributed by atoms with Gasteiger partial charge in [-0.25, -0.2) is 0 Å². The predicted molar refractivity (Wildman–Crippen MR) is 121 cm³/mol. The summed E-state index contributed by atoms with van der Waals surface area (Å²) in [5.74, 6) is 0.299. The molecule has 1 aromatic heterocycles. The monoisotopic (exact) mass is 433 g/mol. The zero-order chi connectivity index (χ0) is 22.3. The molecule has 1 saturated heterocycles. The number of amides is 1. The van der Waals surface area contributed by atoms with Crippen molar-refractivity contribution in [3.05, 3.63) is 59.8 Å². The van der Waals surface area contributed by atoms with Crippen LogP contribution in [0, 0.1) is 11.3 Å². The fraction of sp³-hybridized carbons (Fsp3) is 0.375. The predicted octanol–water partition coefficient (Wildman–Crippen LogP) is 2.24. The highest BCUT2D eigenvalue weighted by atomic mass is 16.5. The number of carbonyl (C=O) groups is 1. The van der Waals surface area contributed by atoms with Crippen LogP contribution in [0.15, 0.2) is 48.5 Å². The highest BCUT2D eigenvalue weighted by Crippen LogP contribution is 2.28. The zero-order valence-electron chi connectivity index (χ0n) is 18.2. The first-order valence-electron chi connectivity index (χ1n) is 10.8. The molecule has 4 rings (SSSR count). The Balaban J connectivity index is 1.57. The van der Waals surface area contributed by atoms with Crippen LogP contribution in [0.25, 0.3) is 10.9 Å². The summed E-state index contributed by atoms with van der Waals surface area (Å²) in [5, 5.41) is 17.8. The van der Waals surface area contributed by atoms with Crippen LogP contribution < -0.4 is 10.1 Å². The molecule has 32 heavy (non-hydrogen) atoms. The van der Waals surface area contributed by atoms with E-state index in [0.29, 0.717) is 29.8 Å². The SMILES string of the molecule is COc1cccc2c(C(=O)N[C@H](C#N)Cc3ccccc3)nn(CCN3CCOCC3)c12. The second-order valence-electron chi connectivity index (χ2n) is 7.73. The lowest BCUT2D eigenvalue weighted by atomic mass is 10.1. The smallest absolute Gasteiger partial charge is 0.273 e. The highest BCUT2D eigenvalue weighted by Gasteiger charge is 2.23. The molecule has 0 bridgehead atoms. The van der Waals surface area contributed by atoms with E-state index in [0.717, 1.165) is 43.9 Å². The molecule has 1 aliphatic heterocycles. The normalized spacial score (nSPS) is 15.2. The third-order valence-corrected chi connectivity index (χ3v) is 5.64. The molecule has 0 saturated carbocycles. The van der Waals surface area contributed by atoms with Crippen molar-refractivity contribution in [1.29, 1.82) is 5.26 Å². The van der Waals surface area contributed by atoms with Crippen LogP contribution >= 0.6 is 0 Å². The summed E-state index contributed by atoms with van der Waals surface area (Å²) in [6.07, 6.45) is 0.433. The zero-order valence-corrected chi connectivity index (χ0v) is 18.2. The molecular weight excluding hydrogens is 406 g/mol. The van der Waals surface area contributed by atoms with E-state index >= 15 is 0 Å². The van der Waals surface area contributed by atoms with Gasteiger partial charge in [0.2, 0.25) is 0 Å². The van der Waals surface area contributed by atoms with E-state index in [1.807, 2.05) is 53.2 Å². The van der Waals surface area contributed by atoms with Crippen LogP contribution in [0.5, 0.6) is 5.75 Å². The minimum atomic E-state index is -0.649. The molecule has 1 fully saturated rings. The number of benzene rings is 2. The summed E-state index contributed by atoms with van der Waals surface area (Å²) in [6, 6.07) is 16.8. The van der Waals surface area contributed by atoms with Gasteiger partial charge < -0.3 is 14.8 Å². The average Bonchev–Trinajstić information content (AvgIpc) is 3.22. The second-order valence-corrected chi connectivity index (χ2v) is 7.73. The minimum absolute atomic E-state index is 0.300. The molecule has 1 N–H and O–H groups in total. The van der Waals surface area contributed by atoms with Gasteiger partial charge in [-0.3, -0.25) is 14.4 Å². The van der Waals surface area contributed by atoms with E-state index in [1.165, 1.54) is 0 Å². The largest absolute Gasteiger partial charge is 0.494 e. The fourth-order valence-electron chi connectivity index (χ4n) is 3.96. The lowest BCUT2D eigenvalue weighted by Crippen LogP contribution is -2.38. The Morgan fingerprint density at radius 1 is 1.19 bits per heavy atom. The third kappa shape index (κ3) is 4.90. The summed E-state index contributed by atoms with van der Waals surface area (Å²) >= 11 is 0. The summed E-state index contributed by atoms with van der Waals surface area (Å²) in [6.45, 7) is 4.64. The van der Waals surface area contributed by atoms with Crippen molar-refractivity contribution < 1.29 is 14.3 Å². The van der Waals surface area contributed by atoms with E-state index in [9.17, 15) is 10.1 Å². The van der Waals surface area contributed by atoms with Gasteiger partial charge in [0.1, 0.15) is 17.3 Å². The molecule has 0 unspecified atom stereocenters. The van der Waals surface area contributed by atoms with Gasteiger partial charge in [0, 0.05) is 31.4 Å². The maximum Gasteiger partial charge on any atom is 0.273 e. The third-order valence-electron chi connectivity index (χ3n) is 5.64. The molecule has 2 aromatic carbocycles. The maximum absolute atomic E-state index is 13.1. The van der Waals surface area contributed by atoms with Crippen molar-refractivity contribution in [2.24, 2.45) is 0 Å². The number of nitriles is 1. The van der Waals surface area contributed by atoms with Gasteiger partial charge in [-0.2, -0.15) is 10.4 Å². The molecule has 0 spiro atoms. The van der Waals surface area contributed by atoms with Crippen LogP contribution in [0.4, 0.5) is 0 Å². The van der Waals surface area contributed by atoms with Crippen LogP contribution in [0.3, 0.4) is 0 Å². The van der Waals surface area contributed by atoms with Crippen molar-refractivity contribution in [2.45, 2.75) is 19.0 Å². The number of rotatable bonds is 8. The number of hydrogen-bond acceptors (Lipinski definition) is 6. The number of hydrogen-bond donors (Lipinski definition) is 1. The molecule has 2 heterocycles. The molecule has 8 heteroatoms. The Morgan fingerprint density at radius 3 is 2.69 bits per heavy atom. The van der Waals surface area contributed by atoms with Crippen LogP contribution in [0.2, 0.25) is 0 Å². The molecule has 3 aromatic rings. The van der Waals surface area contributed by atoms with Crippen LogP contribution in [0.1, 0.15) is 16.1 Å². The number of morpholine rings is 1. The number of nitrogens with one attached hydrogen (secondary N) is 1. The minimum Gasteiger partial charge on any atom is -0.494 e. The Kier molecular flexibility index (Phi) is 7.00. The molecule has 166 valence electrons. The van der Waals surface area contributed by atoms with Crippen molar-refractivity contribution in [1.82, 2.24) is 20.0 Å². The number of para-hydroxylation sites is 1. The van der Waals surface area contributed by atoms with Gasteiger partial charge in [0.15, 0.2) is 5.69 Å². The molecule has 1 atom stereocenters. The Bertz CT molecular complexity index is 1100. The number of methoxy groups -OCH3 is 1. The number of ether oxygens (including phenoxy) is 2. The summed E-state index contributed by atoms with van der Waals surface area (Å²) in [5.41, 5.74) is 2.07. The van der Waals surface area contributed by atoms with Gasteiger partial charge >= 0.3 is 0 Å². The number of aromatic nitrogens is 2. The lowest BCUT2D eigenvalue weighted by molar-refractivity contribution is 0.0361. The first-order valence-corrected chi connectivity index (χ1v) is 10.8. The maximum atomic E-state index is 13.1. The number of nitrogens with zero attached hydrogens (tertiary/aromatic N) is 4. The van der Waals surface area contributed by atoms with Gasteiger partial charge in [0.25, 0.3) is 5.91 Å². The van der Waals surface area contributed by atoms with Crippen molar-refractivity contribution in [3.8, 4) is 11.8 Å². The summed E-state index contributed by atoms with van der Waals surface area (Å²) in [4.78, 5) is 15.4. The van der Waals surface area contributed by atoms with Crippen molar-refractivity contribution in [3.63, 3.8) is 0 Å². The van der Waals surface area contributed by atoms with Crippen molar-refractivity contribution >= 4 is 16.8 Å². The fourth-order valence-corrected chi connectivity index (χ4v) is 3.96. The Hall–Kier alpha value is -3.41.